The summed E-state index contributed by atoms with van der Waals surface area (Å²) in [6, 6.07) is 8.00. The summed E-state index contributed by atoms with van der Waals surface area (Å²) in [5, 5.41) is 3.12. The molecule has 0 bridgehead atoms. The van der Waals surface area contributed by atoms with Gasteiger partial charge in [0.2, 0.25) is 5.91 Å². The van der Waals surface area contributed by atoms with E-state index in [2.05, 4.69) is 16.3 Å². The number of amides is 2. The summed E-state index contributed by atoms with van der Waals surface area (Å²) in [6.07, 6.45) is 9.88. The fraction of sp³-hybridized carbons (Fsp3) is 0.690. The summed E-state index contributed by atoms with van der Waals surface area (Å²) >= 11 is 0. The fourth-order valence-corrected chi connectivity index (χ4v) is 5.84. The molecule has 2 aliphatic carbocycles. The Morgan fingerprint density at radius 2 is 1.77 bits per heavy atom. The Kier molecular flexibility index (Phi) is 8.64. The molecule has 1 aromatic rings. The summed E-state index contributed by atoms with van der Waals surface area (Å²) in [5.41, 5.74) is 1.71. The van der Waals surface area contributed by atoms with Crippen molar-refractivity contribution in [3.8, 4) is 0 Å². The third-order valence-corrected chi connectivity index (χ3v) is 8.23. The van der Waals surface area contributed by atoms with Crippen molar-refractivity contribution in [2.45, 2.75) is 89.6 Å². The zero-order chi connectivity index (χ0) is 24.9. The van der Waals surface area contributed by atoms with Gasteiger partial charge in [-0.15, -0.1) is 0 Å². The minimum absolute atomic E-state index is 0.0988. The highest BCUT2D eigenvalue weighted by atomic mass is 16.2. The average molecular weight is 482 g/mol. The van der Waals surface area contributed by atoms with Crippen LogP contribution in [0.4, 0.5) is 0 Å². The van der Waals surface area contributed by atoms with Gasteiger partial charge in [0.1, 0.15) is 0 Å². The first-order valence-electron chi connectivity index (χ1n) is 13.8. The highest BCUT2D eigenvalue weighted by molar-refractivity contribution is 5.98. The highest BCUT2D eigenvalue weighted by Gasteiger charge is 2.33. The predicted octanol–water partition coefficient (Wildman–Crippen LogP) is 4.39. The van der Waals surface area contributed by atoms with Gasteiger partial charge in [0.25, 0.3) is 5.91 Å². The maximum Gasteiger partial charge on any atom is 0.251 e. The van der Waals surface area contributed by atoms with Crippen LogP contribution in [0.2, 0.25) is 0 Å². The molecule has 2 amide bonds. The van der Waals surface area contributed by atoms with Crippen molar-refractivity contribution in [3.63, 3.8) is 0 Å². The van der Waals surface area contributed by atoms with Crippen molar-refractivity contribution in [1.29, 1.82) is 0 Å². The van der Waals surface area contributed by atoms with E-state index in [9.17, 15) is 14.4 Å². The second kappa shape index (κ2) is 11.7. The molecule has 0 radical (unpaired) electrons. The lowest BCUT2D eigenvalue weighted by Crippen LogP contribution is -2.48. The van der Waals surface area contributed by atoms with E-state index in [-0.39, 0.29) is 35.4 Å². The smallest absolute Gasteiger partial charge is 0.251 e. The number of likely N-dealkylation sites (N-methyl/N-ethyl adjacent to an activating group) is 1. The number of hydrogen-bond acceptors (Lipinski definition) is 4. The van der Waals surface area contributed by atoms with Crippen LogP contribution in [0.3, 0.4) is 0 Å². The lowest BCUT2D eigenvalue weighted by molar-refractivity contribution is -0.133. The normalized spacial score (nSPS) is 22.3. The van der Waals surface area contributed by atoms with E-state index in [4.69, 9.17) is 0 Å². The van der Waals surface area contributed by atoms with E-state index in [0.717, 1.165) is 50.6 Å². The summed E-state index contributed by atoms with van der Waals surface area (Å²) in [6.45, 7) is 5.85. The van der Waals surface area contributed by atoms with Crippen LogP contribution in [-0.2, 0) is 9.59 Å². The van der Waals surface area contributed by atoms with Crippen LogP contribution < -0.4 is 5.32 Å². The number of hydrogen-bond donors (Lipinski definition) is 1. The number of nitrogens with zero attached hydrogens (tertiary/aromatic N) is 2. The first-order valence-corrected chi connectivity index (χ1v) is 13.8. The Morgan fingerprint density at radius 1 is 1.03 bits per heavy atom. The zero-order valence-electron chi connectivity index (χ0n) is 21.8. The molecule has 6 heteroatoms. The third-order valence-electron chi connectivity index (χ3n) is 8.23. The van der Waals surface area contributed by atoms with Crippen LogP contribution in [0.25, 0.3) is 0 Å². The van der Waals surface area contributed by atoms with Gasteiger partial charge in [-0.3, -0.25) is 19.3 Å². The number of benzene rings is 1. The monoisotopic (exact) mass is 481 g/mol. The highest BCUT2D eigenvalue weighted by Crippen LogP contribution is 2.30. The largest absolute Gasteiger partial charge is 0.342 e. The standard InChI is InChI=1S/C29H43N3O3/c1-20(2)28(34)27(21-9-5-4-6-10-21)30-29(35)23-12-7-11-22(17-23)24-13-8-16-32(18-24)26(33)19-31(3)25-14-15-25/h7,11-12,17,20-21,24-25,27H,4-6,8-10,13-16,18-19H2,1-3H3,(H,30,35). The van der Waals surface area contributed by atoms with Crippen molar-refractivity contribution >= 4 is 17.6 Å². The molecule has 1 saturated heterocycles. The zero-order valence-corrected chi connectivity index (χ0v) is 21.8. The summed E-state index contributed by atoms with van der Waals surface area (Å²) in [7, 11) is 2.05. The summed E-state index contributed by atoms with van der Waals surface area (Å²) in [4.78, 5) is 43.3. The summed E-state index contributed by atoms with van der Waals surface area (Å²) < 4.78 is 0. The quantitative estimate of drug-likeness (QED) is 0.568. The number of Topliss-reactive ketones (excluding diaryl/α,β-unsaturated/α-hetero) is 1. The lowest BCUT2D eigenvalue weighted by atomic mass is 9.80. The molecule has 1 heterocycles. The number of piperidine rings is 1. The Balaban J connectivity index is 1.41. The van der Waals surface area contributed by atoms with Crippen LogP contribution in [0.15, 0.2) is 24.3 Å². The fourth-order valence-electron chi connectivity index (χ4n) is 5.84. The lowest BCUT2D eigenvalue weighted by Gasteiger charge is -2.34. The SMILES string of the molecule is CC(C)C(=O)C(NC(=O)c1cccc(C2CCCN(C(=O)CN(C)C3CC3)C2)c1)C1CCCCC1. The van der Waals surface area contributed by atoms with E-state index < -0.39 is 6.04 Å². The molecule has 0 aromatic heterocycles. The van der Waals surface area contributed by atoms with Crippen LogP contribution in [0, 0.1) is 11.8 Å². The molecule has 0 spiro atoms. The second-order valence-electron chi connectivity index (χ2n) is 11.4. The molecule has 1 aromatic carbocycles. The predicted molar refractivity (Wildman–Crippen MR) is 138 cm³/mol. The molecule has 2 unspecified atom stereocenters. The van der Waals surface area contributed by atoms with Gasteiger partial charge in [0, 0.05) is 36.5 Å². The van der Waals surface area contributed by atoms with Gasteiger partial charge in [-0.25, -0.2) is 0 Å². The molecule has 35 heavy (non-hydrogen) atoms. The molecule has 1 aliphatic heterocycles. The minimum atomic E-state index is -0.405. The van der Waals surface area contributed by atoms with E-state index >= 15 is 0 Å². The van der Waals surface area contributed by atoms with E-state index in [1.807, 2.05) is 44.0 Å². The number of ketones is 1. The van der Waals surface area contributed by atoms with Gasteiger partial charge in [-0.1, -0.05) is 45.2 Å². The van der Waals surface area contributed by atoms with E-state index in [1.165, 1.54) is 19.3 Å². The Bertz CT molecular complexity index is 904. The number of rotatable bonds is 9. The molecule has 6 nitrogen and oxygen atoms in total. The van der Waals surface area contributed by atoms with Crippen molar-refractivity contribution in [2.24, 2.45) is 11.8 Å². The van der Waals surface area contributed by atoms with E-state index in [1.54, 1.807) is 0 Å². The Labute approximate surface area is 210 Å². The molecular formula is C29H43N3O3. The Morgan fingerprint density at radius 3 is 2.46 bits per heavy atom. The molecule has 192 valence electrons. The molecule has 4 rings (SSSR count). The van der Waals surface area contributed by atoms with Gasteiger partial charge < -0.3 is 10.2 Å². The van der Waals surface area contributed by atoms with Gasteiger partial charge in [0.15, 0.2) is 5.78 Å². The number of carbonyl (C=O) groups is 3. The van der Waals surface area contributed by atoms with E-state index in [0.29, 0.717) is 24.7 Å². The molecule has 1 N–H and O–H groups in total. The van der Waals surface area contributed by atoms with Crippen molar-refractivity contribution in [1.82, 2.24) is 15.1 Å². The van der Waals surface area contributed by atoms with Gasteiger partial charge in [0.05, 0.1) is 12.6 Å². The third kappa shape index (κ3) is 6.72. The maximum absolute atomic E-state index is 13.3. The number of carbonyl (C=O) groups excluding carboxylic acids is 3. The number of nitrogens with one attached hydrogen (secondary N) is 1. The average Bonchev–Trinajstić information content (AvgIpc) is 3.73. The van der Waals surface area contributed by atoms with Crippen molar-refractivity contribution < 1.29 is 14.4 Å². The summed E-state index contributed by atoms with van der Waals surface area (Å²) in [5.74, 6) is 0.555. The molecular weight excluding hydrogens is 438 g/mol. The first-order chi connectivity index (χ1) is 16.8. The minimum Gasteiger partial charge on any atom is -0.342 e. The van der Waals surface area contributed by atoms with Crippen molar-refractivity contribution in [2.75, 3.05) is 26.7 Å². The van der Waals surface area contributed by atoms with Gasteiger partial charge >= 0.3 is 0 Å². The van der Waals surface area contributed by atoms with Crippen LogP contribution in [0.5, 0.6) is 0 Å². The molecule has 2 atom stereocenters. The van der Waals surface area contributed by atoms with Gasteiger partial charge in [-0.2, -0.15) is 0 Å². The molecule has 3 fully saturated rings. The molecule has 2 saturated carbocycles. The Hall–Kier alpha value is -2.21. The van der Waals surface area contributed by atoms with Crippen LogP contribution >= 0.6 is 0 Å². The first kappa shape index (κ1) is 25.9. The number of likely N-dealkylation sites (tertiary alicyclic amines) is 1. The van der Waals surface area contributed by atoms with Crippen LogP contribution in [0.1, 0.15) is 93.5 Å². The molecule has 3 aliphatic rings. The topological polar surface area (TPSA) is 69.7 Å². The van der Waals surface area contributed by atoms with Crippen LogP contribution in [-0.4, -0.2) is 66.2 Å². The maximum atomic E-state index is 13.3. The van der Waals surface area contributed by atoms with Crippen molar-refractivity contribution in [3.05, 3.63) is 35.4 Å². The van der Waals surface area contributed by atoms with Gasteiger partial charge in [-0.05, 0) is 69.2 Å². The second-order valence-corrected chi connectivity index (χ2v) is 11.4.